The molecule has 0 radical (unpaired) electrons. The van der Waals surface area contributed by atoms with Crippen molar-refractivity contribution in [2.45, 2.75) is 32.2 Å². The maximum atomic E-state index is 12.1. The fourth-order valence-corrected chi connectivity index (χ4v) is 4.07. The molecule has 1 aliphatic heterocycles. The van der Waals surface area contributed by atoms with Gasteiger partial charge < -0.3 is 10.3 Å². The van der Waals surface area contributed by atoms with Crippen molar-refractivity contribution in [1.82, 2.24) is 14.4 Å². The predicted molar refractivity (Wildman–Crippen MR) is 90.6 cm³/mol. The molecule has 3 rings (SSSR count). The molecule has 0 amide bonds. The number of aromatic nitrogens is 2. The third-order valence-corrected chi connectivity index (χ3v) is 6.23. The average Bonchev–Trinajstić information content (AvgIpc) is 3.12. The van der Waals surface area contributed by atoms with Crippen molar-refractivity contribution in [2.75, 3.05) is 18.8 Å². The van der Waals surface area contributed by atoms with Gasteiger partial charge in [0.05, 0.1) is 11.7 Å². The molecule has 1 aromatic carbocycles. The molecule has 8 heteroatoms. The summed E-state index contributed by atoms with van der Waals surface area (Å²) in [6, 6.07) is 7.68. The van der Waals surface area contributed by atoms with Crippen LogP contribution in [0.1, 0.15) is 37.1 Å². The molecule has 1 aliphatic rings. The fraction of sp³-hybridized carbons (Fsp3) is 0.500. The average molecular weight is 350 g/mol. The van der Waals surface area contributed by atoms with Crippen LogP contribution in [0.4, 0.5) is 0 Å². The molecule has 0 saturated carbocycles. The SMILES string of the molecule is CCS(=O)(=O)N1CCCC(c2nc(-c3ccc(CN)cc3)no2)C1. The van der Waals surface area contributed by atoms with E-state index < -0.39 is 10.0 Å². The minimum atomic E-state index is -3.18. The van der Waals surface area contributed by atoms with E-state index in [2.05, 4.69) is 10.1 Å². The summed E-state index contributed by atoms with van der Waals surface area (Å²) >= 11 is 0. The zero-order valence-electron chi connectivity index (χ0n) is 13.7. The third-order valence-electron chi connectivity index (χ3n) is 4.38. The normalized spacial score (nSPS) is 19.5. The first-order chi connectivity index (χ1) is 11.5. The molecule has 1 unspecified atom stereocenters. The van der Waals surface area contributed by atoms with Gasteiger partial charge in [0.25, 0.3) is 0 Å². The topological polar surface area (TPSA) is 102 Å². The van der Waals surface area contributed by atoms with E-state index in [0.717, 1.165) is 24.0 Å². The van der Waals surface area contributed by atoms with Crippen molar-refractivity contribution in [3.63, 3.8) is 0 Å². The highest BCUT2D eigenvalue weighted by atomic mass is 32.2. The van der Waals surface area contributed by atoms with Crippen LogP contribution in [-0.4, -0.2) is 41.7 Å². The number of hydrogen-bond acceptors (Lipinski definition) is 6. The molecular weight excluding hydrogens is 328 g/mol. The van der Waals surface area contributed by atoms with Gasteiger partial charge in [0.15, 0.2) is 0 Å². The highest BCUT2D eigenvalue weighted by molar-refractivity contribution is 7.89. The molecule has 1 aromatic heterocycles. The van der Waals surface area contributed by atoms with Crippen LogP contribution in [-0.2, 0) is 16.6 Å². The van der Waals surface area contributed by atoms with Gasteiger partial charge in [0.1, 0.15) is 0 Å². The smallest absolute Gasteiger partial charge is 0.231 e. The van der Waals surface area contributed by atoms with Crippen LogP contribution in [0.15, 0.2) is 28.8 Å². The van der Waals surface area contributed by atoms with Crippen LogP contribution in [0.3, 0.4) is 0 Å². The second-order valence-electron chi connectivity index (χ2n) is 5.95. The maximum Gasteiger partial charge on any atom is 0.231 e. The number of hydrogen-bond donors (Lipinski definition) is 1. The molecule has 130 valence electrons. The van der Waals surface area contributed by atoms with Crippen LogP contribution in [0.25, 0.3) is 11.4 Å². The lowest BCUT2D eigenvalue weighted by atomic mass is 10.00. The van der Waals surface area contributed by atoms with Crippen molar-refractivity contribution < 1.29 is 12.9 Å². The summed E-state index contributed by atoms with van der Waals surface area (Å²) in [5.41, 5.74) is 7.49. The fourth-order valence-electron chi connectivity index (χ4n) is 2.89. The highest BCUT2D eigenvalue weighted by Gasteiger charge is 2.31. The van der Waals surface area contributed by atoms with Crippen molar-refractivity contribution >= 4 is 10.0 Å². The Morgan fingerprint density at radius 1 is 1.33 bits per heavy atom. The summed E-state index contributed by atoms with van der Waals surface area (Å²) < 4.78 is 31.1. The van der Waals surface area contributed by atoms with E-state index in [0.29, 0.717) is 31.3 Å². The van der Waals surface area contributed by atoms with Crippen LogP contribution in [0.5, 0.6) is 0 Å². The number of nitrogens with zero attached hydrogens (tertiary/aromatic N) is 3. The van der Waals surface area contributed by atoms with Gasteiger partial charge >= 0.3 is 0 Å². The van der Waals surface area contributed by atoms with Crippen LogP contribution in [0, 0.1) is 0 Å². The Hall–Kier alpha value is -1.77. The van der Waals surface area contributed by atoms with Crippen molar-refractivity contribution in [3.8, 4) is 11.4 Å². The van der Waals surface area contributed by atoms with E-state index >= 15 is 0 Å². The molecular formula is C16H22N4O3S. The molecule has 0 aliphatic carbocycles. The van der Waals surface area contributed by atoms with E-state index in [1.807, 2.05) is 24.3 Å². The summed E-state index contributed by atoms with van der Waals surface area (Å²) in [5.74, 6) is 1.08. The lowest BCUT2D eigenvalue weighted by molar-refractivity contribution is 0.266. The zero-order chi connectivity index (χ0) is 17.2. The second-order valence-corrected chi connectivity index (χ2v) is 8.21. The van der Waals surface area contributed by atoms with Gasteiger partial charge in [0, 0.05) is 25.2 Å². The van der Waals surface area contributed by atoms with Gasteiger partial charge in [-0.05, 0) is 25.3 Å². The summed E-state index contributed by atoms with van der Waals surface area (Å²) in [6.07, 6.45) is 1.65. The first-order valence-corrected chi connectivity index (χ1v) is 9.75. The van der Waals surface area contributed by atoms with Gasteiger partial charge in [-0.25, -0.2) is 12.7 Å². The summed E-state index contributed by atoms with van der Waals surface area (Å²) in [6.45, 7) is 3.12. The summed E-state index contributed by atoms with van der Waals surface area (Å²) in [7, 11) is -3.18. The van der Waals surface area contributed by atoms with E-state index in [1.165, 1.54) is 4.31 Å². The number of sulfonamides is 1. The standard InChI is InChI=1S/C16H22N4O3S/c1-2-24(21,22)20-9-3-4-14(11-20)16-18-15(19-23-16)13-7-5-12(10-17)6-8-13/h5-8,14H,2-4,9-11,17H2,1H3. The Bertz CT molecular complexity index is 786. The Labute approximate surface area is 141 Å². The summed E-state index contributed by atoms with van der Waals surface area (Å²) in [4.78, 5) is 4.47. The number of piperidine rings is 1. The van der Waals surface area contributed by atoms with Gasteiger partial charge in [-0.3, -0.25) is 0 Å². The predicted octanol–water partition coefficient (Wildman–Crippen LogP) is 1.72. The van der Waals surface area contributed by atoms with Crippen LogP contribution in [0.2, 0.25) is 0 Å². The molecule has 1 atom stereocenters. The van der Waals surface area contributed by atoms with Gasteiger partial charge in [-0.1, -0.05) is 29.4 Å². The highest BCUT2D eigenvalue weighted by Crippen LogP contribution is 2.29. The molecule has 0 spiro atoms. The quantitative estimate of drug-likeness (QED) is 0.881. The molecule has 1 fully saturated rings. The minimum absolute atomic E-state index is 0.0513. The Morgan fingerprint density at radius 2 is 2.08 bits per heavy atom. The number of rotatable bonds is 5. The summed E-state index contributed by atoms with van der Waals surface area (Å²) in [5, 5.41) is 4.04. The maximum absolute atomic E-state index is 12.1. The lowest BCUT2D eigenvalue weighted by Crippen LogP contribution is -2.39. The molecule has 2 heterocycles. The molecule has 2 aromatic rings. The monoisotopic (exact) mass is 350 g/mol. The first-order valence-electron chi connectivity index (χ1n) is 8.14. The lowest BCUT2D eigenvalue weighted by Gasteiger charge is -2.29. The van der Waals surface area contributed by atoms with E-state index in [4.69, 9.17) is 10.3 Å². The van der Waals surface area contributed by atoms with Crippen molar-refractivity contribution in [2.24, 2.45) is 5.73 Å². The Balaban J connectivity index is 1.77. The Morgan fingerprint density at radius 3 is 2.75 bits per heavy atom. The number of benzene rings is 1. The Kier molecular flexibility index (Phi) is 4.98. The molecule has 0 bridgehead atoms. The first kappa shape index (κ1) is 17.1. The molecule has 2 N–H and O–H groups in total. The molecule has 24 heavy (non-hydrogen) atoms. The minimum Gasteiger partial charge on any atom is -0.339 e. The van der Waals surface area contributed by atoms with Crippen LogP contribution < -0.4 is 5.73 Å². The third kappa shape index (κ3) is 3.50. The van der Waals surface area contributed by atoms with Crippen molar-refractivity contribution in [1.29, 1.82) is 0 Å². The van der Waals surface area contributed by atoms with Gasteiger partial charge in [-0.15, -0.1) is 0 Å². The van der Waals surface area contributed by atoms with Gasteiger partial charge in [-0.2, -0.15) is 4.98 Å². The molecule has 1 saturated heterocycles. The number of nitrogens with two attached hydrogens (primary N) is 1. The van der Waals surface area contributed by atoms with Crippen molar-refractivity contribution in [3.05, 3.63) is 35.7 Å². The van der Waals surface area contributed by atoms with Crippen LogP contribution >= 0.6 is 0 Å². The second kappa shape index (κ2) is 7.00. The van der Waals surface area contributed by atoms with E-state index in [1.54, 1.807) is 6.92 Å². The zero-order valence-corrected chi connectivity index (χ0v) is 14.5. The largest absolute Gasteiger partial charge is 0.339 e. The molecule has 7 nitrogen and oxygen atoms in total. The van der Waals surface area contributed by atoms with E-state index in [-0.39, 0.29) is 11.7 Å². The van der Waals surface area contributed by atoms with E-state index in [9.17, 15) is 8.42 Å². The van der Waals surface area contributed by atoms with Gasteiger partial charge in [0.2, 0.25) is 21.7 Å².